The van der Waals surface area contributed by atoms with Crippen LogP contribution in [0.2, 0.25) is 0 Å². The van der Waals surface area contributed by atoms with Crippen molar-refractivity contribution in [3.63, 3.8) is 0 Å². The van der Waals surface area contributed by atoms with Crippen LogP contribution >= 0.6 is 0 Å². The van der Waals surface area contributed by atoms with Gasteiger partial charge in [-0.2, -0.15) is 18.4 Å². The SMILES string of the molecule is N#C[C@@H](N)c1ccc(C(F)(F)F)nc1. The van der Waals surface area contributed by atoms with E-state index in [4.69, 9.17) is 11.0 Å². The van der Waals surface area contributed by atoms with Crippen LogP contribution in [0.5, 0.6) is 0 Å². The number of rotatable bonds is 1. The number of aromatic nitrogens is 1. The summed E-state index contributed by atoms with van der Waals surface area (Å²) in [6, 6.07) is 2.70. The highest BCUT2D eigenvalue weighted by Gasteiger charge is 2.32. The maximum Gasteiger partial charge on any atom is 0.433 e. The highest BCUT2D eigenvalue weighted by atomic mass is 19.4. The molecule has 1 atom stereocenters. The van der Waals surface area contributed by atoms with Gasteiger partial charge < -0.3 is 5.73 Å². The highest BCUT2D eigenvalue weighted by Crippen LogP contribution is 2.27. The summed E-state index contributed by atoms with van der Waals surface area (Å²) in [6.07, 6.45) is -3.51. The van der Waals surface area contributed by atoms with Gasteiger partial charge in [0.15, 0.2) is 0 Å². The highest BCUT2D eigenvalue weighted by molar-refractivity contribution is 5.22. The second-order valence-corrected chi connectivity index (χ2v) is 2.58. The van der Waals surface area contributed by atoms with Crippen LogP contribution in [-0.4, -0.2) is 4.98 Å². The molecule has 1 aromatic heterocycles. The van der Waals surface area contributed by atoms with E-state index >= 15 is 0 Å². The zero-order chi connectivity index (χ0) is 10.8. The molecule has 14 heavy (non-hydrogen) atoms. The first-order valence-electron chi connectivity index (χ1n) is 3.63. The van der Waals surface area contributed by atoms with E-state index in [1.165, 1.54) is 0 Å². The summed E-state index contributed by atoms with van der Waals surface area (Å²) in [4.78, 5) is 3.16. The predicted octanol–water partition coefficient (Wildman–Crippen LogP) is 1.62. The molecule has 3 nitrogen and oxygen atoms in total. The average Bonchev–Trinajstić information content (AvgIpc) is 2.15. The molecule has 0 fully saturated rings. The van der Waals surface area contributed by atoms with Crippen molar-refractivity contribution in [3.05, 3.63) is 29.6 Å². The van der Waals surface area contributed by atoms with Gasteiger partial charge in [-0.3, -0.25) is 4.98 Å². The molecule has 0 saturated heterocycles. The van der Waals surface area contributed by atoms with Gasteiger partial charge in [-0.1, -0.05) is 6.07 Å². The van der Waals surface area contributed by atoms with E-state index in [-0.39, 0.29) is 5.56 Å². The van der Waals surface area contributed by atoms with Gasteiger partial charge in [0.25, 0.3) is 0 Å². The molecule has 0 aliphatic rings. The van der Waals surface area contributed by atoms with Gasteiger partial charge in [0, 0.05) is 11.8 Å². The molecular formula is C8H6F3N3. The van der Waals surface area contributed by atoms with Crippen molar-refractivity contribution in [2.24, 2.45) is 5.73 Å². The van der Waals surface area contributed by atoms with Crippen molar-refractivity contribution in [3.8, 4) is 6.07 Å². The third kappa shape index (κ3) is 2.20. The molecule has 0 aromatic carbocycles. The van der Waals surface area contributed by atoms with E-state index in [0.717, 1.165) is 18.3 Å². The zero-order valence-electron chi connectivity index (χ0n) is 6.92. The molecule has 6 heteroatoms. The van der Waals surface area contributed by atoms with Gasteiger partial charge in [0.2, 0.25) is 0 Å². The number of hydrogen-bond donors (Lipinski definition) is 1. The Bertz CT molecular complexity index is 350. The van der Waals surface area contributed by atoms with Gasteiger partial charge in [-0.05, 0) is 6.07 Å². The van der Waals surface area contributed by atoms with Gasteiger partial charge in [0.05, 0.1) is 6.07 Å². The molecule has 0 aliphatic carbocycles. The Morgan fingerprint density at radius 3 is 2.43 bits per heavy atom. The maximum atomic E-state index is 12.0. The molecule has 0 saturated carbocycles. The summed E-state index contributed by atoms with van der Waals surface area (Å²) in [5.74, 6) is 0. The topological polar surface area (TPSA) is 62.7 Å². The normalized spacial score (nSPS) is 13.4. The largest absolute Gasteiger partial charge is 0.433 e. The third-order valence-corrected chi connectivity index (χ3v) is 1.57. The molecule has 0 aliphatic heterocycles. The number of nitrogens with two attached hydrogens (primary N) is 1. The molecule has 0 radical (unpaired) electrons. The summed E-state index contributed by atoms with van der Waals surface area (Å²) >= 11 is 0. The van der Waals surface area contributed by atoms with Gasteiger partial charge in [-0.25, -0.2) is 0 Å². The van der Waals surface area contributed by atoms with E-state index in [0.29, 0.717) is 0 Å². The number of halogens is 3. The van der Waals surface area contributed by atoms with E-state index < -0.39 is 17.9 Å². The summed E-state index contributed by atoms with van der Waals surface area (Å²) in [5.41, 5.74) is 4.54. The van der Waals surface area contributed by atoms with Crippen molar-refractivity contribution in [2.75, 3.05) is 0 Å². The molecule has 1 aromatic rings. The number of hydrogen-bond acceptors (Lipinski definition) is 3. The number of nitriles is 1. The number of alkyl halides is 3. The summed E-state index contributed by atoms with van der Waals surface area (Å²) in [5, 5.41) is 8.39. The minimum Gasteiger partial charge on any atom is -0.312 e. The summed E-state index contributed by atoms with van der Waals surface area (Å²) in [7, 11) is 0. The van der Waals surface area contributed by atoms with Crippen molar-refractivity contribution >= 4 is 0 Å². The Balaban J connectivity index is 2.96. The fraction of sp³-hybridized carbons (Fsp3) is 0.250. The molecule has 0 unspecified atom stereocenters. The van der Waals surface area contributed by atoms with E-state index in [2.05, 4.69) is 4.98 Å². The van der Waals surface area contributed by atoms with E-state index in [9.17, 15) is 13.2 Å². The summed E-state index contributed by atoms with van der Waals surface area (Å²) < 4.78 is 36.1. The Hall–Kier alpha value is -1.61. The minimum atomic E-state index is -4.46. The zero-order valence-corrected chi connectivity index (χ0v) is 6.92. The number of pyridine rings is 1. The molecule has 1 heterocycles. The molecular weight excluding hydrogens is 195 g/mol. The standard InChI is InChI=1S/C8H6F3N3/c9-8(10,11)7-2-1-5(4-14-7)6(13)3-12/h1-2,4,6H,13H2/t6-/m1/s1. The lowest BCUT2D eigenvalue weighted by atomic mass is 10.1. The van der Waals surface area contributed by atoms with Gasteiger partial charge in [-0.15, -0.1) is 0 Å². The first kappa shape index (κ1) is 10.5. The quantitative estimate of drug-likeness (QED) is 0.750. The fourth-order valence-corrected chi connectivity index (χ4v) is 0.831. The first-order valence-corrected chi connectivity index (χ1v) is 3.63. The Labute approximate surface area is 78.0 Å². The fourth-order valence-electron chi connectivity index (χ4n) is 0.831. The van der Waals surface area contributed by atoms with Crippen molar-refractivity contribution in [1.82, 2.24) is 4.98 Å². The lowest BCUT2D eigenvalue weighted by molar-refractivity contribution is -0.141. The van der Waals surface area contributed by atoms with E-state index in [1.54, 1.807) is 6.07 Å². The maximum absolute atomic E-state index is 12.0. The van der Waals surface area contributed by atoms with Crippen molar-refractivity contribution in [2.45, 2.75) is 12.2 Å². The molecule has 2 N–H and O–H groups in total. The predicted molar refractivity (Wildman–Crippen MR) is 41.8 cm³/mol. The Kier molecular flexibility index (Phi) is 2.72. The Morgan fingerprint density at radius 2 is 2.07 bits per heavy atom. The van der Waals surface area contributed by atoms with Crippen LogP contribution in [0, 0.1) is 11.3 Å². The van der Waals surface area contributed by atoms with Crippen LogP contribution in [-0.2, 0) is 6.18 Å². The van der Waals surface area contributed by atoms with Gasteiger partial charge in [0.1, 0.15) is 11.7 Å². The number of nitrogens with zero attached hydrogens (tertiary/aromatic N) is 2. The first-order chi connectivity index (χ1) is 6.45. The van der Waals surface area contributed by atoms with Crippen LogP contribution < -0.4 is 5.73 Å². The monoisotopic (exact) mass is 201 g/mol. The lowest BCUT2D eigenvalue weighted by Gasteiger charge is -2.06. The smallest absolute Gasteiger partial charge is 0.312 e. The lowest BCUT2D eigenvalue weighted by Crippen LogP contribution is -2.11. The van der Waals surface area contributed by atoms with Crippen LogP contribution in [0.3, 0.4) is 0 Å². The van der Waals surface area contributed by atoms with Crippen LogP contribution in [0.15, 0.2) is 18.3 Å². The van der Waals surface area contributed by atoms with E-state index in [1.807, 2.05) is 0 Å². The van der Waals surface area contributed by atoms with Crippen LogP contribution in [0.25, 0.3) is 0 Å². The van der Waals surface area contributed by atoms with Crippen LogP contribution in [0.4, 0.5) is 13.2 Å². The molecule has 0 spiro atoms. The molecule has 1 rings (SSSR count). The second-order valence-electron chi connectivity index (χ2n) is 2.58. The molecule has 74 valence electrons. The summed E-state index contributed by atoms with van der Waals surface area (Å²) in [6.45, 7) is 0. The van der Waals surface area contributed by atoms with Crippen molar-refractivity contribution < 1.29 is 13.2 Å². The molecule has 0 amide bonds. The van der Waals surface area contributed by atoms with Crippen LogP contribution in [0.1, 0.15) is 17.3 Å². The third-order valence-electron chi connectivity index (χ3n) is 1.57. The van der Waals surface area contributed by atoms with Crippen molar-refractivity contribution in [1.29, 1.82) is 5.26 Å². The average molecular weight is 201 g/mol. The van der Waals surface area contributed by atoms with Gasteiger partial charge >= 0.3 is 6.18 Å². The minimum absolute atomic E-state index is 0.264. The second kappa shape index (κ2) is 3.64. The molecule has 0 bridgehead atoms. The Morgan fingerprint density at radius 1 is 1.43 bits per heavy atom.